The van der Waals surface area contributed by atoms with Crippen LogP contribution in [0.2, 0.25) is 0 Å². The Hall–Kier alpha value is -3.78. The lowest BCUT2D eigenvalue weighted by Gasteiger charge is -2.19. The monoisotopic (exact) mass is 467 g/mol. The molecule has 0 heterocycles. The number of hydrogen-bond donors (Lipinski definition) is 0. The number of sulfonamides is 1. The standard InChI is InChI=1S/C25H25NO6S/c1-4-8-19-11-16-23(24(17-19)30-3)31-18-25(27)32-21-14-12-20(13-15-21)26(2)33(28,29)22-9-6-5-7-10-22/h4-7,9-17H,1,8,18H2,2-3H3. The molecule has 0 aromatic heterocycles. The van der Waals surface area contributed by atoms with Gasteiger partial charge in [0, 0.05) is 7.05 Å². The maximum atomic E-state index is 12.7. The third-order valence-electron chi connectivity index (χ3n) is 4.79. The van der Waals surface area contributed by atoms with Crippen LogP contribution >= 0.6 is 0 Å². The van der Waals surface area contributed by atoms with Crippen molar-refractivity contribution in [2.75, 3.05) is 25.1 Å². The van der Waals surface area contributed by atoms with Gasteiger partial charge in [-0.05, 0) is 60.5 Å². The molecule has 0 N–H and O–H groups in total. The molecule has 0 radical (unpaired) electrons. The van der Waals surface area contributed by atoms with E-state index in [1.807, 2.05) is 12.1 Å². The van der Waals surface area contributed by atoms with E-state index >= 15 is 0 Å². The average Bonchev–Trinajstić information content (AvgIpc) is 2.84. The molecule has 0 aliphatic rings. The van der Waals surface area contributed by atoms with Gasteiger partial charge < -0.3 is 14.2 Å². The van der Waals surface area contributed by atoms with Gasteiger partial charge in [0.1, 0.15) is 5.75 Å². The normalized spacial score (nSPS) is 10.8. The summed E-state index contributed by atoms with van der Waals surface area (Å²) < 4.78 is 42.8. The molecule has 0 unspecified atom stereocenters. The van der Waals surface area contributed by atoms with Crippen LogP contribution in [0.1, 0.15) is 5.56 Å². The number of rotatable bonds is 10. The first-order valence-electron chi connectivity index (χ1n) is 10.1. The number of methoxy groups -OCH3 is 1. The van der Waals surface area contributed by atoms with Crippen LogP contribution in [0.5, 0.6) is 17.2 Å². The first-order chi connectivity index (χ1) is 15.8. The van der Waals surface area contributed by atoms with Gasteiger partial charge in [0.15, 0.2) is 18.1 Å². The smallest absolute Gasteiger partial charge is 0.349 e. The molecule has 33 heavy (non-hydrogen) atoms. The molecule has 0 aliphatic carbocycles. The van der Waals surface area contributed by atoms with Crippen molar-refractivity contribution in [1.82, 2.24) is 0 Å². The summed E-state index contributed by atoms with van der Waals surface area (Å²) in [6, 6.07) is 19.7. The van der Waals surface area contributed by atoms with Gasteiger partial charge in [-0.2, -0.15) is 0 Å². The summed E-state index contributed by atoms with van der Waals surface area (Å²) >= 11 is 0. The highest BCUT2D eigenvalue weighted by atomic mass is 32.2. The summed E-state index contributed by atoms with van der Waals surface area (Å²) in [7, 11) is -0.707. The molecular weight excluding hydrogens is 442 g/mol. The minimum absolute atomic E-state index is 0.188. The molecule has 3 rings (SSSR count). The van der Waals surface area contributed by atoms with Crippen molar-refractivity contribution in [3.05, 3.63) is 91.0 Å². The predicted molar refractivity (Wildman–Crippen MR) is 126 cm³/mol. The SMILES string of the molecule is C=CCc1ccc(OCC(=O)Oc2ccc(N(C)S(=O)(=O)c3ccccc3)cc2)c(OC)c1. The van der Waals surface area contributed by atoms with Crippen LogP contribution in [-0.4, -0.2) is 35.2 Å². The van der Waals surface area contributed by atoms with Crippen LogP contribution in [0, 0.1) is 0 Å². The molecule has 0 atom stereocenters. The van der Waals surface area contributed by atoms with Crippen LogP contribution in [-0.2, 0) is 21.2 Å². The summed E-state index contributed by atoms with van der Waals surface area (Å²) in [6.07, 6.45) is 2.48. The van der Waals surface area contributed by atoms with Gasteiger partial charge >= 0.3 is 5.97 Å². The summed E-state index contributed by atoms with van der Waals surface area (Å²) in [5.41, 5.74) is 1.44. The quantitative estimate of drug-likeness (QED) is 0.252. The Morgan fingerprint density at radius 1 is 1.00 bits per heavy atom. The highest BCUT2D eigenvalue weighted by Crippen LogP contribution is 2.29. The second-order valence-electron chi connectivity index (χ2n) is 7.02. The lowest BCUT2D eigenvalue weighted by atomic mass is 10.1. The fraction of sp³-hybridized carbons (Fsp3) is 0.160. The first-order valence-corrected chi connectivity index (χ1v) is 11.5. The number of benzene rings is 3. The van der Waals surface area contributed by atoms with Crippen molar-refractivity contribution >= 4 is 21.7 Å². The minimum atomic E-state index is -3.69. The third kappa shape index (κ3) is 5.93. The summed E-state index contributed by atoms with van der Waals surface area (Å²) in [5, 5.41) is 0. The van der Waals surface area contributed by atoms with Crippen molar-refractivity contribution < 1.29 is 27.4 Å². The Kier molecular flexibility index (Phi) is 7.74. The van der Waals surface area contributed by atoms with Crippen molar-refractivity contribution in [1.29, 1.82) is 0 Å². The zero-order valence-corrected chi connectivity index (χ0v) is 19.2. The molecule has 3 aromatic rings. The number of carbonyl (C=O) groups excluding carboxylic acids is 1. The molecule has 0 bridgehead atoms. The van der Waals surface area contributed by atoms with Crippen LogP contribution in [0.4, 0.5) is 5.69 Å². The second kappa shape index (κ2) is 10.7. The second-order valence-corrected chi connectivity index (χ2v) is 8.99. The van der Waals surface area contributed by atoms with E-state index in [0.717, 1.165) is 5.56 Å². The Morgan fingerprint density at radius 3 is 2.33 bits per heavy atom. The van der Waals surface area contributed by atoms with Gasteiger partial charge in [-0.1, -0.05) is 30.3 Å². The van der Waals surface area contributed by atoms with Crippen LogP contribution < -0.4 is 18.5 Å². The fourth-order valence-electron chi connectivity index (χ4n) is 3.04. The number of carbonyl (C=O) groups is 1. The van der Waals surface area contributed by atoms with Gasteiger partial charge in [0.05, 0.1) is 17.7 Å². The lowest BCUT2D eigenvalue weighted by molar-refractivity contribution is -0.136. The van der Waals surface area contributed by atoms with Gasteiger partial charge in [-0.15, -0.1) is 6.58 Å². The van der Waals surface area contributed by atoms with Crippen LogP contribution in [0.15, 0.2) is 90.3 Å². The highest BCUT2D eigenvalue weighted by Gasteiger charge is 2.21. The first kappa shape index (κ1) is 23.9. The number of nitrogens with zero attached hydrogens (tertiary/aromatic N) is 1. The van der Waals surface area contributed by atoms with Crippen molar-refractivity contribution in [2.24, 2.45) is 0 Å². The lowest BCUT2D eigenvalue weighted by Crippen LogP contribution is -2.26. The van der Waals surface area contributed by atoms with Crippen molar-refractivity contribution in [2.45, 2.75) is 11.3 Å². The molecular formula is C25H25NO6S. The van der Waals surface area contributed by atoms with E-state index in [1.54, 1.807) is 42.5 Å². The van der Waals surface area contributed by atoms with Gasteiger partial charge in [-0.25, -0.2) is 13.2 Å². The predicted octanol–water partition coefficient (Wildman–Crippen LogP) is 4.23. The molecule has 3 aromatic carbocycles. The van der Waals surface area contributed by atoms with E-state index in [4.69, 9.17) is 14.2 Å². The molecule has 7 nitrogen and oxygen atoms in total. The number of esters is 1. The van der Waals surface area contributed by atoms with Crippen LogP contribution in [0.3, 0.4) is 0 Å². The molecule has 0 amide bonds. The summed E-state index contributed by atoms with van der Waals surface area (Å²) in [6.45, 7) is 3.39. The number of anilines is 1. The Bertz CT molecular complexity index is 1210. The van der Waals surface area contributed by atoms with Crippen molar-refractivity contribution in [3.8, 4) is 17.2 Å². The number of allylic oxidation sites excluding steroid dienone is 1. The Morgan fingerprint density at radius 2 is 1.70 bits per heavy atom. The van der Waals surface area contributed by atoms with E-state index in [0.29, 0.717) is 23.6 Å². The van der Waals surface area contributed by atoms with Crippen molar-refractivity contribution in [3.63, 3.8) is 0 Å². The molecule has 172 valence electrons. The van der Waals surface area contributed by atoms with E-state index in [9.17, 15) is 13.2 Å². The molecule has 8 heteroatoms. The molecule has 0 spiro atoms. The van der Waals surface area contributed by atoms with Gasteiger partial charge in [-0.3, -0.25) is 4.31 Å². The Balaban J connectivity index is 1.61. The highest BCUT2D eigenvalue weighted by molar-refractivity contribution is 7.92. The largest absolute Gasteiger partial charge is 0.493 e. The van der Waals surface area contributed by atoms with Gasteiger partial charge in [0.25, 0.3) is 10.0 Å². The maximum Gasteiger partial charge on any atom is 0.349 e. The maximum absolute atomic E-state index is 12.7. The molecule has 0 saturated carbocycles. The summed E-state index contributed by atoms with van der Waals surface area (Å²) in [4.78, 5) is 12.4. The van der Waals surface area contributed by atoms with E-state index in [1.165, 1.54) is 42.7 Å². The summed E-state index contributed by atoms with van der Waals surface area (Å²) in [5.74, 6) is 0.593. The van der Waals surface area contributed by atoms with E-state index in [2.05, 4.69) is 6.58 Å². The van der Waals surface area contributed by atoms with E-state index in [-0.39, 0.29) is 17.3 Å². The number of ether oxygens (including phenoxy) is 3. The number of hydrogen-bond acceptors (Lipinski definition) is 6. The zero-order valence-electron chi connectivity index (χ0n) is 18.4. The van der Waals surface area contributed by atoms with E-state index < -0.39 is 16.0 Å². The topological polar surface area (TPSA) is 82.1 Å². The molecule has 0 fully saturated rings. The molecule has 0 saturated heterocycles. The van der Waals surface area contributed by atoms with Gasteiger partial charge in [0.2, 0.25) is 0 Å². The Labute approximate surface area is 193 Å². The average molecular weight is 468 g/mol. The fourth-order valence-corrected chi connectivity index (χ4v) is 4.25. The zero-order chi connectivity index (χ0) is 23.8. The van der Waals surface area contributed by atoms with Crippen LogP contribution in [0.25, 0.3) is 0 Å². The minimum Gasteiger partial charge on any atom is -0.493 e. The molecule has 0 aliphatic heterocycles. The third-order valence-corrected chi connectivity index (χ3v) is 6.59.